The van der Waals surface area contributed by atoms with Crippen LogP contribution in [0.3, 0.4) is 0 Å². The Hall–Kier alpha value is -1.46. The average Bonchev–Trinajstić information content (AvgIpc) is 2.44. The monoisotopic (exact) mass is 280 g/mol. The Morgan fingerprint density at radius 1 is 1.45 bits per heavy atom. The van der Waals surface area contributed by atoms with Gasteiger partial charge in [0.25, 0.3) is 5.69 Å². The van der Waals surface area contributed by atoms with Gasteiger partial charge in [-0.2, -0.15) is 0 Å². The van der Waals surface area contributed by atoms with E-state index in [4.69, 9.17) is 0 Å². The maximum Gasteiger partial charge on any atom is 0.273 e. The van der Waals surface area contributed by atoms with Crippen LogP contribution in [0.25, 0.3) is 0 Å². The van der Waals surface area contributed by atoms with Crippen LogP contribution in [0.1, 0.15) is 51.2 Å². The Morgan fingerprint density at radius 2 is 2.10 bits per heavy atom. The quantitative estimate of drug-likeness (QED) is 0.594. The van der Waals surface area contributed by atoms with E-state index in [0.717, 1.165) is 17.5 Å². The molecule has 20 heavy (non-hydrogen) atoms. The van der Waals surface area contributed by atoms with E-state index in [2.05, 4.69) is 5.32 Å². The number of aliphatic hydroxyl groups is 1. The van der Waals surface area contributed by atoms with Crippen LogP contribution in [0, 0.1) is 10.1 Å². The molecule has 0 aliphatic carbocycles. The molecular weight excluding hydrogens is 256 g/mol. The summed E-state index contributed by atoms with van der Waals surface area (Å²) in [6, 6.07) is 5.35. The largest absolute Gasteiger partial charge is 0.394 e. The number of hydrogen-bond donors (Lipinski definition) is 2. The molecule has 1 aromatic carbocycles. The normalized spacial score (nSPS) is 14.3. The van der Waals surface area contributed by atoms with Crippen LogP contribution in [-0.2, 0) is 6.54 Å². The van der Waals surface area contributed by atoms with Crippen LogP contribution < -0.4 is 5.32 Å². The fraction of sp³-hybridized carbons (Fsp3) is 0.600. The van der Waals surface area contributed by atoms with E-state index < -0.39 is 0 Å². The molecule has 2 N–H and O–H groups in total. The Morgan fingerprint density at radius 3 is 2.55 bits per heavy atom. The maximum absolute atomic E-state index is 11.1. The first kappa shape index (κ1) is 16.6. The van der Waals surface area contributed by atoms with E-state index in [0.29, 0.717) is 6.54 Å². The first-order chi connectivity index (χ1) is 9.33. The minimum Gasteiger partial charge on any atom is -0.394 e. The predicted molar refractivity (Wildman–Crippen MR) is 79.8 cm³/mol. The lowest BCUT2D eigenvalue weighted by molar-refractivity contribution is -0.385. The van der Waals surface area contributed by atoms with Crippen LogP contribution in [0.5, 0.6) is 0 Å². The molecule has 0 amide bonds. The number of rotatable bonds is 7. The molecule has 1 aromatic rings. The van der Waals surface area contributed by atoms with Gasteiger partial charge in [-0.1, -0.05) is 32.9 Å². The Balaban J connectivity index is 2.93. The molecule has 0 saturated heterocycles. The van der Waals surface area contributed by atoms with Gasteiger partial charge in [0.1, 0.15) is 0 Å². The zero-order chi connectivity index (χ0) is 15.3. The van der Waals surface area contributed by atoms with Crippen molar-refractivity contribution in [3.8, 4) is 0 Å². The topological polar surface area (TPSA) is 75.4 Å². The summed E-state index contributed by atoms with van der Waals surface area (Å²) in [5.74, 6) is 0.121. The zero-order valence-electron chi connectivity index (χ0n) is 12.6. The lowest BCUT2D eigenvalue weighted by atomic mass is 9.97. The van der Waals surface area contributed by atoms with Crippen molar-refractivity contribution >= 4 is 5.69 Å². The van der Waals surface area contributed by atoms with Gasteiger partial charge in [-0.15, -0.1) is 0 Å². The summed E-state index contributed by atoms with van der Waals surface area (Å²) < 4.78 is 0. The summed E-state index contributed by atoms with van der Waals surface area (Å²) in [5, 5.41) is 23.7. The molecule has 5 nitrogen and oxygen atoms in total. The van der Waals surface area contributed by atoms with Crippen molar-refractivity contribution in [3.05, 3.63) is 39.4 Å². The van der Waals surface area contributed by atoms with Crippen LogP contribution in [-0.4, -0.2) is 22.2 Å². The second-order valence-corrected chi connectivity index (χ2v) is 5.73. The second-order valence-electron chi connectivity index (χ2n) is 5.73. The van der Waals surface area contributed by atoms with Crippen LogP contribution in [0.4, 0.5) is 5.69 Å². The van der Waals surface area contributed by atoms with Crippen molar-refractivity contribution in [2.24, 2.45) is 0 Å². The number of aliphatic hydroxyl groups excluding tert-OH is 1. The highest BCUT2D eigenvalue weighted by Crippen LogP contribution is 2.27. The van der Waals surface area contributed by atoms with Gasteiger partial charge in [-0.25, -0.2) is 0 Å². The second kappa shape index (κ2) is 6.81. The molecule has 1 atom stereocenters. The molecule has 0 aliphatic heterocycles. The van der Waals surface area contributed by atoms with Crippen molar-refractivity contribution in [2.45, 2.75) is 52.1 Å². The molecule has 1 unspecified atom stereocenters. The summed E-state index contributed by atoms with van der Waals surface area (Å²) in [6.07, 6.45) is 0.787. The van der Waals surface area contributed by atoms with E-state index in [1.807, 2.05) is 39.8 Å². The third kappa shape index (κ3) is 4.02. The van der Waals surface area contributed by atoms with Gasteiger partial charge in [0.15, 0.2) is 0 Å². The van der Waals surface area contributed by atoms with E-state index in [1.54, 1.807) is 6.07 Å². The van der Waals surface area contributed by atoms with Gasteiger partial charge in [0.05, 0.1) is 11.5 Å². The fourth-order valence-electron chi connectivity index (χ4n) is 1.95. The summed E-state index contributed by atoms with van der Waals surface area (Å²) in [5.41, 5.74) is 1.42. The Bertz CT molecular complexity index is 468. The highest BCUT2D eigenvalue weighted by Gasteiger charge is 2.21. The number of nitro groups is 1. The molecule has 0 fully saturated rings. The van der Waals surface area contributed by atoms with E-state index in [1.165, 1.54) is 0 Å². The Labute approximate surface area is 120 Å². The van der Waals surface area contributed by atoms with Gasteiger partial charge >= 0.3 is 0 Å². The summed E-state index contributed by atoms with van der Waals surface area (Å²) in [4.78, 5) is 10.8. The number of benzene rings is 1. The predicted octanol–water partition coefficient (Wildman–Crippen LogP) is 2.97. The molecule has 1 rings (SSSR count). The molecular formula is C15H24N2O3. The molecule has 5 heteroatoms. The lowest BCUT2D eigenvalue weighted by Gasteiger charge is -2.27. The van der Waals surface area contributed by atoms with Crippen molar-refractivity contribution in [1.29, 1.82) is 0 Å². The van der Waals surface area contributed by atoms with Crippen LogP contribution in [0.15, 0.2) is 18.2 Å². The van der Waals surface area contributed by atoms with Crippen LogP contribution >= 0.6 is 0 Å². The molecule has 0 radical (unpaired) electrons. The van der Waals surface area contributed by atoms with Crippen molar-refractivity contribution in [2.75, 3.05) is 6.61 Å². The minimum absolute atomic E-state index is 0.0374. The zero-order valence-corrected chi connectivity index (χ0v) is 12.6. The summed E-state index contributed by atoms with van der Waals surface area (Å²) in [6.45, 7) is 8.36. The molecule has 0 saturated carbocycles. The molecule has 0 bridgehead atoms. The number of hydrogen-bond acceptors (Lipinski definition) is 4. The number of nitrogens with zero attached hydrogens (tertiary/aromatic N) is 1. The van der Waals surface area contributed by atoms with E-state index in [-0.39, 0.29) is 28.7 Å². The third-order valence-electron chi connectivity index (χ3n) is 3.76. The van der Waals surface area contributed by atoms with E-state index in [9.17, 15) is 15.2 Å². The minimum atomic E-state index is -0.356. The number of nitrogens with one attached hydrogen (secondary N) is 1. The molecule has 0 heterocycles. The van der Waals surface area contributed by atoms with Crippen LogP contribution in [0.2, 0.25) is 0 Å². The highest BCUT2D eigenvalue weighted by atomic mass is 16.6. The van der Waals surface area contributed by atoms with Gasteiger partial charge in [-0.05, 0) is 24.8 Å². The Kier molecular flexibility index (Phi) is 5.65. The van der Waals surface area contributed by atoms with Gasteiger partial charge in [-0.3, -0.25) is 10.1 Å². The molecule has 112 valence electrons. The smallest absolute Gasteiger partial charge is 0.273 e. The van der Waals surface area contributed by atoms with Crippen molar-refractivity contribution < 1.29 is 10.0 Å². The highest BCUT2D eigenvalue weighted by molar-refractivity contribution is 5.45. The van der Waals surface area contributed by atoms with Gasteiger partial charge < -0.3 is 10.4 Å². The van der Waals surface area contributed by atoms with Gasteiger partial charge in [0, 0.05) is 23.7 Å². The summed E-state index contributed by atoms with van der Waals surface area (Å²) >= 11 is 0. The average molecular weight is 280 g/mol. The van der Waals surface area contributed by atoms with E-state index >= 15 is 0 Å². The van der Waals surface area contributed by atoms with Gasteiger partial charge in [0.2, 0.25) is 0 Å². The summed E-state index contributed by atoms with van der Waals surface area (Å²) in [7, 11) is 0. The molecule has 0 spiro atoms. The van der Waals surface area contributed by atoms with Crippen molar-refractivity contribution in [3.63, 3.8) is 0 Å². The lowest BCUT2D eigenvalue weighted by Crippen LogP contribution is -2.44. The standard InChI is InChI=1S/C15H24N2O3/c1-5-15(4,10-18)16-9-12-6-7-13(11(2)3)14(8-12)17(19)20/h6-8,11,16,18H,5,9-10H2,1-4H3. The SMILES string of the molecule is CCC(C)(CO)NCc1ccc(C(C)C)c([N+](=O)[O-])c1. The number of nitro benzene ring substituents is 1. The fourth-order valence-corrected chi connectivity index (χ4v) is 1.95. The van der Waals surface area contributed by atoms with Crippen molar-refractivity contribution in [1.82, 2.24) is 5.32 Å². The molecule has 0 aromatic heterocycles. The third-order valence-corrected chi connectivity index (χ3v) is 3.76. The molecule has 0 aliphatic rings. The maximum atomic E-state index is 11.1. The first-order valence-electron chi connectivity index (χ1n) is 6.96. The first-order valence-corrected chi connectivity index (χ1v) is 6.96.